The molecule has 1 rings (SSSR count). The Morgan fingerprint density at radius 1 is 1.29 bits per heavy atom. The summed E-state index contributed by atoms with van der Waals surface area (Å²) in [6.07, 6.45) is 2.79. The maximum atomic E-state index is 11.6. The second kappa shape index (κ2) is 8.02. The summed E-state index contributed by atoms with van der Waals surface area (Å²) in [5.41, 5.74) is 0.764. The molecule has 0 aliphatic heterocycles. The SMILES string of the molecule is CC(=O)C(Cc1cn(CCC(=O)C(C)C)nn1)NC(C)C. The molecule has 1 unspecified atom stereocenters. The number of aryl methyl sites for hydroxylation is 1. The van der Waals surface area contributed by atoms with Gasteiger partial charge in [0.05, 0.1) is 11.7 Å². The second-order valence-electron chi connectivity index (χ2n) is 6.03. The first-order valence-electron chi connectivity index (χ1n) is 7.47. The van der Waals surface area contributed by atoms with Gasteiger partial charge in [-0.1, -0.05) is 32.9 Å². The van der Waals surface area contributed by atoms with E-state index < -0.39 is 0 Å². The van der Waals surface area contributed by atoms with E-state index in [-0.39, 0.29) is 29.6 Å². The number of Topliss-reactive ketones (excluding diaryl/α,β-unsaturated/α-hetero) is 2. The fraction of sp³-hybridized carbons (Fsp3) is 0.733. The normalized spacial score (nSPS) is 12.9. The van der Waals surface area contributed by atoms with Gasteiger partial charge in [-0.15, -0.1) is 5.10 Å². The lowest BCUT2D eigenvalue weighted by atomic mass is 10.1. The van der Waals surface area contributed by atoms with Gasteiger partial charge in [0.1, 0.15) is 11.6 Å². The third kappa shape index (κ3) is 6.16. The molecule has 1 aromatic rings. The maximum Gasteiger partial charge on any atom is 0.147 e. The molecular formula is C15H26N4O2. The minimum Gasteiger partial charge on any atom is -0.305 e. The fourth-order valence-electron chi connectivity index (χ4n) is 1.99. The molecule has 0 fully saturated rings. The Kier molecular flexibility index (Phi) is 6.68. The van der Waals surface area contributed by atoms with Gasteiger partial charge in [0.25, 0.3) is 0 Å². The Balaban J connectivity index is 2.57. The zero-order valence-corrected chi connectivity index (χ0v) is 13.6. The molecule has 21 heavy (non-hydrogen) atoms. The summed E-state index contributed by atoms with van der Waals surface area (Å²) in [4.78, 5) is 23.2. The van der Waals surface area contributed by atoms with E-state index in [4.69, 9.17) is 0 Å². The van der Waals surface area contributed by atoms with E-state index in [1.807, 2.05) is 33.9 Å². The number of nitrogens with one attached hydrogen (secondary N) is 1. The summed E-state index contributed by atoms with van der Waals surface area (Å²) in [6.45, 7) is 9.90. The number of hydrogen-bond donors (Lipinski definition) is 1. The molecule has 0 aliphatic rings. The average Bonchev–Trinajstić information content (AvgIpc) is 2.82. The van der Waals surface area contributed by atoms with Crippen LogP contribution in [0.25, 0.3) is 0 Å². The van der Waals surface area contributed by atoms with Crippen LogP contribution in [0.15, 0.2) is 6.20 Å². The Hall–Kier alpha value is -1.56. The standard InChI is InChI=1S/C15H26N4O2/c1-10(2)15(21)6-7-19-9-13(17-18-19)8-14(12(5)20)16-11(3)4/h9-11,14,16H,6-8H2,1-5H3. The highest BCUT2D eigenvalue weighted by Crippen LogP contribution is 2.04. The molecule has 1 aromatic heterocycles. The van der Waals surface area contributed by atoms with Crippen molar-refractivity contribution in [2.24, 2.45) is 5.92 Å². The van der Waals surface area contributed by atoms with Crippen LogP contribution in [-0.2, 0) is 22.6 Å². The van der Waals surface area contributed by atoms with Crippen molar-refractivity contribution in [3.05, 3.63) is 11.9 Å². The number of ketones is 2. The van der Waals surface area contributed by atoms with Crippen molar-refractivity contribution in [2.75, 3.05) is 0 Å². The van der Waals surface area contributed by atoms with E-state index in [0.29, 0.717) is 19.4 Å². The Bertz CT molecular complexity index is 480. The van der Waals surface area contributed by atoms with Gasteiger partial charge in [0, 0.05) is 37.5 Å². The van der Waals surface area contributed by atoms with Gasteiger partial charge in [-0.25, -0.2) is 0 Å². The number of rotatable bonds is 9. The highest BCUT2D eigenvalue weighted by Gasteiger charge is 2.17. The van der Waals surface area contributed by atoms with Crippen molar-refractivity contribution in [1.82, 2.24) is 20.3 Å². The molecule has 0 saturated heterocycles. The Morgan fingerprint density at radius 2 is 1.95 bits per heavy atom. The molecule has 0 aromatic carbocycles. The van der Waals surface area contributed by atoms with E-state index >= 15 is 0 Å². The lowest BCUT2D eigenvalue weighted by Gasteiger charge is -2.17. The molecule has 1 N–H and O–H groups in total. The van der Waals surface area contributed by atoms with Gasteiger partial charge >= 0.3 is 0 Å². The van der Waals surface area contributed by atoms with Crippen LogP contribution >= 0.6 is 0 Å². The number of aromatic nitrogens is 3. The van der Waals surface area contributed by atoms with Crippen LogP contribution in [0.3, 0.4) is 0 Å². The summed E-state index contributed by atoms with van der Waals surface area (Å²) in [5, 5.41) is 11.3. The minimum absolute atomic E-state index is 0.0466. The van der Waals surface area contributed by atoms with Gasteiger partial charge in [0.15, 0.2) is 0 Å². The number of hydrogen-bond acceptors (Lipinski definition) is 5. The fourth-order valence-corrected chi connectivity index (χ4v) is 1.99. The van der Waals surface area contributed by atoms with Crippen molar-refractivity contribution in [1.29, 1.82) is 0 Å². The highest BCUT2D eigenvalue weighted by atomic mass is 16.1. The number of nitrogens with zero attached hydrogens (tertiary/aromatic N) is 3. The number of carbonyl (C=O) groups excluding carboxylic acids is 2. The lowest BCUT2D eigenvalue weighted by molar-refractivity contribution is -0.122. The summed E-state index contributed by atoms with van der Waals surface area (Å²) in [5.74, 6) is 0.355. The molecule has 0 radical (unpaired) electrons. The largest absolute Gasteiger partial charge is 0.305 e. The monoisotopic (exact) mass is 294 g/mol. The molecule has 118 valence electrons. The molecule has 0 saturated carbocycles. The topological polar surface area (TPSA) is 76.9 Å². The summed E-state index contributed by atoms with van der Waals surface area (Å²) >= 11 is 0. The van der Waals surface area contributed by atoms with Crippen LogP contribution in [0.2, 0.25) is 0 Å². The zero-order chi connectivity index (χ0) is 16.0. The van der Waals surface area contributed by atoms with E-state index in [0.717, 1.165) is 5.69 Å². The number of carbonyl (C=O) groups is 2. The predicted octanol–water partition coefficient (Wildman–Crippen LogP) is 1.39. The molecule has 0 aliphatic carbocycles. The Morgan fingerprint density at radius 3 is 2.48 bits per heavy atom. The van der Waals surface area contributed by atoms with Crippen LogP contribution in [0.1, 0.15) is 46.7 Å². The van der Waals surface area contributed by atoms with Crippen LogP contribution in [-0.4, -0.2) is 38.6 Å². The van der Waals surface area contributed by atoms with Crippen molar-refractivity contribution < 1.29 is 9.59 Å². The summed E-state index contributed by atoms with van der Waals surface area (Å²) in [6, 6.07) is -0.00921. The maximum absolute atomic E-state index is 11.6. The van der Waals surface area contributed by atoms with Gasteiger partial charge < -0.3 is 5.32 Å². The van der Waals surface area contributed by atoms with Gasteiger partial charge in [-0.2, -0.15) is 0 Å². The van der Waals surface area contributed by atoms with E-state index in [2.05, 4.69) is 15.6 Å². The first-order chi connectivity index (χ1) is 9.79. The van der Waals surface area contributed by atoms with Crippen LogP contribution in [0.5, 0.6) is 0 Å². The lowest BCUT2D eigenvalue weighted by Crippen LogP contribution is -2.41. The third-order valence-corrected chi connectivity index (χ3v) is 3.26. The quantitative estimate of drug-likeness (QED) is 0.745. The van der Waals surface area contributed by atoms with Crippen LogP contribution in [0, 0.1) is 5.92 Å². The van der Waals surface area contributed by atoms with Crippen molar-refractivity contribution in [3.63, 3.8) is 0 Å². The zero-order valence-electron chi connectivity index (χ0n) is 13.6. The molecular weight excluding hydrogens is 268 g/mol. The average molecular weight is 294 g/mol. The van der Waals surface area contributed by atoms with E-state index in [1.54, 1.807) is 11.6 Å². The minimum atomic E-state index is -0.243. The highest BCUT2D eigenvalue weighted by molar-refractivity contribution is 5.81. The van der Waals surface area contributed by atoms with E-state index in [9.17, 15) is 9.59 Å². The summed E-state index contributed by atoms with van der Waals surface area (Å²) in [7, 11) is 0. The first kappa shape index (κ1) is 17.5. The van der Waals surface area contributed by atoms with Crippen LogP contribution in [0.4, 0.5) is 0 Å². The molecule has 1 heterocycles. The smallest absolute Gasteiger partial charge is 0.147 e. The third-order valence-electron chi connectivity index (χ3n) is 3.26. The summed E-state index contributed by atoms with van der Waals surface area (Å²) < 4.78 is 1.67. The molecule has 0 spiro atoms. The van der Waals surface area contributed by atoms with Gasteiger partial charge in [-0.3, -0.25) is 14.3 Å². The Labute approximate surface area is 126 Å². The van der Waals surface area contributed by atoms with Gasteiger partial charge in [-0.05, 0) is 6.92 Å². The van der Waals surface area contributed by atoms with Crippen molar-refractivity contribution in [3.8, 4) is 0 Å². The molecule has 0 amide bonds. The van der Waals surface area contributed by atoms with Crippen molar-refractivity contribution >= 4 is 11.6 Å². The predicted molar refractivity (Wildman–Crippen MR) is 80.9 cm³/mol. The molecule has 6 heteroatoms. The van der Waals surface area contributed by atoms with E-state index in [1.165, 1.54) is 0 Å². The van der Waals surface area contributed by atoms with Crippen LogP contribution < -0.4 is 5.32 Å². The molecule has 1 atom stereocenters. The first-order valence-corrected chi connectivity index (χ1v) is 7.47. The second-order valence-corrected chi connectivity index (χ2v) is 6.03. The van der Waals surface area contributed by atoms with Gasteiger partial charge in [0.2, 0.25) is 0 Å². The molecule has 0 bridgehead atoms. The van der Waals surface area contributed by atoms with Crippen molar-refractivity contribution in [2.45, 2.75) is 66.1 Å². The molecule has 6 nitrogen and oxygen atoms in total.